The Morgan fingerprint density at radius 3 is 1.32 bits per heavy atom. The molecule has 266 valence electrons. The van der Waals surface area contributed by atoms with Gasteiger partial charge < -0.3 is 9.84 Å². The zero-order chi connectivity index (χ0) is 33.8. The van der Waals surface area contributed by atoms with Crippen LogP contribution in [0, 0.1) is 0 Å². The van der Waals surface area contributed by atoms with E-state index in [9.17, 15) is 13.5 Å². The first-order chi connectivity index (χ1) is 23.0. The third-order valence-corrected chi connectivity index (χ3v) is 11.1. The van der Waals surface area contributed by atoms with Crippen LogP contribution in [0.4, 0.5) is 0 Å². The number of rotatable bonds is 30. The molecule has 0 aliphatic carbocycles. The summed E-state index contributed by atoms with van der Waals surface area (Å²) in [6, 6.07) is 14.9. The molecule has 0 radical (unpaired) electrons. The quantitative estimate of drug-likeness (QED) is 0.0664. The Labute approximate surface area is 289 Å². The number of aliphatic hydroxyl groups excluding tert-OH is 1. The SMILES string of the molecule is CCCCCCCCCCCCCCCCOc1ccc(C=Cc2ccc(S(=O)(=O)C(O)CCCCCCCCCCC)cc2)cc1. The molecule has 0 aromatic heterocycles. The van der Waals surface area contributed by atoms with Crippen LogP contribution in [0.2, 0.25) is 0 Å². The zero-order valence-corrected chi connectivity index (χ0v) is 30.9. The first-order valence-corrected chi connectivity index (χ1v) is 20.9. The maximum absolute atomic E-state index is 12.9. The van der Waals surface area contributed by atoms with Gasteiger partial charge >= 0.3 is 0 Å². The highest BCUT2D eigenvalue weighted by molar-refractivity contribution is 7.91. The number of aliphatic hydroxyl groups is 1. The van der Waals surface area contributed by atoms with E-state index in [0.717, 1.165) is 49.2 Å². The van der Waals surface area contributed by atoms with Crippen molar-refractivity contribution in [2.45, 2.75) is 178 Å². The second kappa shape index (κ2) is 26.8. The highest BCUT2D eigenvalue weighted by Crippen LogP contribution is 2.22. The van der Waals surface area contributed by atoms with Gasteiger partial charge in [0.1, 0.15) is 5.75 Å². The Balaban J connectivity index is 1.57. The second-order valence-electron chi connectivity index (χ2n) is 13.5. The third-order valence-electron chi connectivity index (χ3n) is 9.24. The summed E-state index contributed by atoms with van der Waals surface area (Å²) >= 11 is 0. The van der Waals surface area contributed by atoms with E-state index < -0.39 is 15.3 Å². The van der Waals surface area contributed by atoms with Crippen molar-refractivity contribution in [1.29, 1.82) is 0 Å². The monoisotopic (exact) mass is 668 g/mol. The molecule has 0 bridgehead atoms. The lowest BCUT2D eigenvalue weighted by molar-refractivity contribution is 0.233. The summed E-state index contributed by atoms with van der Waals surface area (Å²) in [5.74, 6) is 0.896. The number of hydrogen-bond donors (Lipinski definition) is 1. The van der Waals surface area contributed by atoms with Crippen LogP contribution in [0.1, 0.15) is 179 Å². The molecule has 0 aliphatic heterocycles. The smallest absolute Gasteiger partial charge is 0.204 e. The minimum atomic E-state index is -3.74. The van der Waals surface area contributed by atoms with Gasteiger partial charge in [-0.1, -0.05) is 185 Å². The van der Waals surface area contributed by atoms with Crippen LogP contribution < -0.4 is 4.74 Å². The van der Waals surface area contributed by atoms with Crippen molar-refractivity contribution in [3.05, 3.63) is 59.7 Å². The van der Waals surface area contributed by atoms with E-state index in [4.69, 9.17) is 4.74 Å². The Kier molecular flexibility index (Phi) is 23.4. The molecule has 0 amide bonds. The number of hydrogen-bond acceptors (Lipinski definition) is 4. The first kappa shape index (κ1) is 41.1. The summed E-state index contributed by atoms with van der Waals surface area (Å²) in [5.41, 5.74) is 0.626. The molecular formula is C42H68O4S. The molecule has 1 N–H and O–H groups in total. The molecule has 0 aliphatic rings. The maximum Gasteiger partial charge on any atom is 0.204 e. The Morgan fingerprint density at radius 1 is 0.532 bits per heavy atom. The molecule has 0 fully saturated rings. The molecule has 2 aromatic carbocycles. The second-order valence-corrected chi connectivity index (χ2v) is 15.6. The average Bonchev–Trinajstić information content (AvgIpc) is 3.09. The van der Waals surface area contributed by atoms with Gasteiger partial charge in [-0.3, -0.25) is 0 Å². The van der Waals surface area contributed by atoms with Gasteiger partial charge in [-0.25, -0.2) is 8.42 Å². The van der Waals surface area contributed by atoms with E-state index in [-0.39, 0.29) is 4.90 Å². The number of benzene rings is 2. The summed E-state index contributed by atoms with van der Waals surface area (Å²) in [6.07, 6.45) is 33.7. The Morgan fingerprint density at radius 2 is 0.894 bits per heavy atom. The average molecular weight is 669 g/mol. The van der Waals surface area contributed by atoms with E-state index >= 15 is 0 Å². The summed E-state index contributed by atoms with van der Waals surface area (Å²) in [7, 11) is -3.74. The van der Waals surface area contributed by atoms with Crippen molar-refractivity contribution in [3.8, 4) is 5.75 Å². The highest BCUT2D eigenvalue weighted by Gasteiger charge is 2.24. The van der Waals surface area contributed by atoms with E-state index in [0.29, 0.717) is 6.42 Å². The minimum Gasteiger partial charge on any atom is -0.494 e. The summed E-state index contributed by atoms with van der Waals surface area (Å²) in [6.45, 7) is 5.27. The lowest BCUT2D eigenvalue weighted by atomic mass is 10.0. The van der Waals surface area contributed by atoms with Gasteiger partial charge in [0.05, 0.1) is 11.5 Å². The van der Waals surface area contributed by atoms with Crippen molar-refractivity contribution in [2.75, 3.05) is 6.61 Å². The van der Waals surface area contributed by atoms with Gasteiger partial charge in [0.2, 0.25) is 9.84 Å². The van der Waals surface area contributed by atoms with Gasteiger partial charge in [-0.15, -0.1) is 0 Å². The van der Waals surface area contributed by atoms with E-state index in [2.05, 4.69) is 13.8 Å². The van der Waals surface area contributed by atoms with Crippen LogP contribution in [-0.4, -0.2) is 25.6 Å². The van der Waals surface area contributed by atoms with Crippen LogP contribution in [0.3, 0.4) is 0 Å². The molecule has 2 aromatic rings. The number of ether oxygens (including phenoxy) is 1. The molecule has 0 spiro atoms. The molecule has 1 unspecified atom stereocenters. The van der Waals surface area contributed by atoms with Crippen molar-refractivity contribution in [1.82, 2.24) is 0 Å². The molecule has 0 saturated carbocycles. The fourth-order valence-corrected chi connectivity index (χ4v) is 7.37. The fraction of sp³-hybridized carbons (Fsp3) is 0.667. The van der Waals surface area contributed by atoms with Crippen molar-refractivity contribution >= 4 is 22.0 Å². The largest absolute Gasteiger partial charge is 0.494 e. The molecule has 47 heavy (non-hydrogen) atoms. The van der Waals surface area contributed by atoms with Crippen molar-refractivity contribution in [2.24, 2.45) is 0 Å². The number of unbranched alkanes of at least 4 members (excludes halogenated alkanes) is 21. The standard InChI is InChI=1S/C42H68O4S/c1-3-5-7-9-11-13-14-15-16-17-19-21-23-25-37-46-40-33-29-38(30-34-40)27-28-39-31-35-41(36-32-39)47(44,45)42(43)26-24-22-20-18-12-10-8-6-4-2/h27-36,42-43H,3-26,37H2,1-2H3. The Bertz CT molecular complexity index is 1140. The van der Waals surface area contributed by atoms with Crippen LogP contribution in [0.15, 0.2) is 53.4 Å². The van der Waals surface area contributed by atoms with Crippen molar-refractivity contribution in [3.63, 3.8) is 0 Å². The number of sulfone groups is 1. The zero-order valence-electron chi connectivity index (χ0n) is 30.1. The van der Waals surface area contributed by atoms with Crippen LogP contribution in [0.5, 0.6) is 5.75 Å². The van der Waals surface area contributed by atoms with Crippen LogP contribution >= 0.6 is 0 Å². The van der Waals surface area contributed by atoms with Crippen molar-refractivity contribution < 1.29 is 18.3 Å². The van der Waals surface area contributed by atoms with Gasteiger partial charge in [-0.05, 0) is 54.7 Å². The summed E-state index contributed by atoms with van der Waals surface area (Å²) in [5, 5.41) is 10.4. The maximum atomic E-state index is 12.9. The van der Waals surface area contributed by atoms with E-state index in [1.54, 1.807) is 24.3 Å². The molecular weight excluding hydrogens is 601 g/mol. The molecule has 5 heteroatoms. The van der Waals surface area contributed by atoms with Crippen LogP contribution in [0.25, 0.3) is 12.2 Å². The predicted octanol–water partition coefficient (Wildman–Crippen LogP) is 12.7. The van der Waals surface area contributed by atoms with Gasteiger partial charge in [0, 0.05) is 0 Å². The topological polar surface area (TPSA) is 63.6 Å². The molecule has 2 rings (SSSR count). The predicted molar refractivity (Wildman–Crippen MR) is 203 cm³/mol. The highest BCUT2D eigenvalue weighted by atomic mass is 32.2. The minimum absolute atomic E-state index is 0.179. The molecule has 0 saturated heterocycles. The fourth-order valence-electron chi connectivity index (χ4n) is 6.06. The van der Waals surface area contributed by atoms with E-state index in [1.807, 2.05) is 36.4 Å². The van der Waals surface area contributed by atoms with Gasteiger partial charge in [0.25, 0.3) is 0 Å². The van der Waals surface area contributed by atoms with Gasteiger partial charge in [0.15, 0.2) is 5.44 Å². The normalized spacial score (nSPS) is 12.6. The lowest BCUT2D eigenvalue weighted by Crippen LogP contribution is -2.20. The lowest BCUT2D eigenvalue weighted by Gasteiger charge is -2.12. The van der Waals surface area contributed by atoms with Crippen LogP contribution in [-0.2, 0) is 9.84 Å². The molecule has 1 atom stereocenters. The Hall–Kier alpha value is -2.11. The van der Waals surface area contributed by atoms with Gasteiger partial charge in [-0.2, -0.15) is 0 Å². The molecule has 4 nitrogen and oxygen atoms in total. The molecule has 0 heterocycles. The first-order valence-electron chi connectivity index (χ1n) is 19.4. The third kappa shape index (κ3) is 19.5. The summed E-state index contributed by atoms with van der Waals surface area (Å²) in [4.78, 5) is 0.179. The van der Waals surface area contributed by atoms with E-state index in [1.165, 1.54) is 122 Å². The summed E-state index contributed by atoms with van der Waals surface area (Å²) < 4.78 is 31.7.